The minimum atomic E-state index is -0.246. The first-order valence-corrected chi connectivity index (χ1v) is 6.65. The van der Waals surface area contributed by atoms with Gasteiger partial charge in [-0.1, -0.05) is 0 Å². The number of fused-ring (bicyclic) bond motifs is 1. The molecular weight excluding hydrogens is 330 g/mol. The molecule has 0 saturated carbocycles. The van der Waals surface area contributed by atoms with E-state index in [1.165, 1.54) is 6.07 Å². The molecule has 0 bridgehead atoms. The number of aryl methyl sites for hydroxylation is 2. The molecule has 2 rings (SSSR count). The first kappa shape index (κ1) is 12.7. The molecule has 2 aromatic rings. The lowest BCUT2D eigenvalue weighted by atomic mass is 10.1. The lowest BCUT2D eigenvalue weighted by Gasteiger charge is -2.07. The summed E-state index contributed by atoms with van der Waals surface area (Å²) in [7, 11) is 0. The Hall–Kier alpha value is -0.750. The lowest BCUT2D eigenvalue weighted by molar-refractivity contribution is 0.635. The van der Waals surface area contributed by atoms with E-state index in [4.69, 9.17) is 5.73 Å². The van der Waals surface area contributed by atoms with Gasteiger partial charge in [-0.05, 0) is 72.7 Å². The Morgan fingerprint density at radius 2 is 2.12 bits per heavy atom. The van der Waals surface area contributed by atoms with Crippen molar-refractivity contribution in [3.63, 3.8) is 0 Å². The van der Waals surface area contributed by atoms with Crippen LogP contribution in [0.1, 0.15) is 17.7 Å². The van der Waals surface area contributed by atoms with Crippen LogP contribution < -0.4 is 5.73 Å². The van der Waals surface area contributed by atoms with Gasteiger partial charge in [0.15, 0.2) is 0 Å². The summed E-state index contributed by atoms with van der Waals surface area (Å²) in [4.78, 5) is 4.38. The maximum atomic E-state index is 13.8. The number of nitrogens with zero attached hydrogens (tertiary/aromatic N) is 1. The first-order chi connectivity index (χ1) is 8.11. The van der Waals surface area contributed by atoms with Crippen LogP contribution in [0.4, 0.5) is 4.39 Å². The predicted octanol–water partition coefficient (Wildman–Crippen LogP) is 3.18. The van der Waals surface area contributed by atoms with Crippen LogP contribution in [-0.2, 0) is 6.42 Å². The Kier molecular flexibility index (Phi) is 3.93. The number of benzene rings is 1. The summed E-state index contributed by atoms with van der Waals surface area (Å²) in [6.45, 7) is 2.62. The molecule has 2 N–H and O–H groups in total. The maximum absolute atomic E-state index is 13.8. The van der Waals surface area contributed by atoms with Crippen molar-refractivity contribution in [1.82, 2.24) is 4.98 Å². The number of hydrogen-bond acceptors (Lipinski definition) is 2. The van der Waals surface area contributed by atoms with Gasteiger partial charge in [-0.2, -0.15) is 0 Å². The van der Waals surface area contributed by atoms with E-state index in [1.807, 2.05) is 19.1 Å². The molecule has 0 unspecified atom stereocenters. The minimum Gasteiger partial charge on any atom is -0.330 e. The van der Waals surface area contributed by atoms with Crippen LogP contribution in [0, 0.1) is 16.3 Å². The van der Waals surface area contributed by atoms with Gasteiger partial charge in [-0.3, -0.25) is 0 Å². The van der Waals surface area contributed by atoms with Gasteiger partial charge < -0.3 is 5.73 Å². The lowest BCUT2D eigenvalue weighted by Crippen LogP contribution is -2.02. The van der Waals surface area contributed by atoms with Crippen LogP contribution in [0.15, 0.2) is 18.2 Å². The largest absolute Gasteiger partial charge is 0.330 e. The fraction of sp³-hybridized carbons (Fsp3) is 0.308. The zero-order valence-corrected chi connectivity index (χ0v) is 11.8. The molecular formula is C13H14FIN2. The van der Waals surface area contributed by atoms with Crippen molar-refractivity contribution >= 4 is 33.5 Å². The standard InChI is InChI=1S/C13H14FIN2/c1-8-5-10(3-2-4-16)17-13-11(8)6-9(15)7-12(13)14/h5-7H,2-4,16H2,1H3. The summed E-state index contributed by atoms with van der Waals surface area (Å²) >= 11 is 2.12. The average Bonchev–Trinajstić information content (AvgIpc) is 2.28. The number of hydrogen-bond donors (Lipinski definition) is 1. The maximum Gasteiger partial charge on any atom is 0.150 e. The van der Waals surface area contributed by atoms with Crippen molar-refractivity contribution in [1.29, 1.82) is 0 Å². The minimum absolute atomic E-state index is 0.246. The summed E-state index contributed by atoms with van der Waals surface area (Å²) in [6, 6.07) is 5.50. The molecule has 4 heteroatoms. The molecule has 1 aromatic heterocycles. The van der Waals surface area contributed by atoms with E-state index in [0.717, 1.165) is 33.1 Å². The van der Waals surface area contributed by atoms with Gasteiger partial charge in [0.25, 0.3) is 0 Å². The molecule has 2 nitrogen and oxygen atoms in total. The predicted molar refractivity (Wildman–Crippen MR) is 76.5 cm³/mol. The van der Waals surface area contributed by atoms with Crippen molar-refractivity contribution in [2.24, 2.45) is 5.73 Å². The van der Waals surface area contributed by atoms with Gasteiger partial charge >= 0.3 is 0 Å². The molecule has 0 amide bonds. The van der Waals surface area contributed by atoms with Crippen molar-refractivity contribution in [2.45, 2.75) is 19.8 Å². The molecule has 1 aromatic carbocycles. The van der Waals surface area contributed by atoms with Crippen LogP contribution in [0.2, 0.25) is 0 Å². The second kappa shape index (κ2) is 5.27. The van der Waals surface area contributed by atoms with Gasteiger partial charge in [0.1, 0.15) is 11.3 Å². The highest BCUT2D eigenvalue weighted by Crippen LogP contribution is 2.23. The summed E-state index contributed by atoms with van der Waals surface area (Å²) in [5.74, 6) is -0.246. The number of aromatic nitrogens is 1. The van der Waals surface area contributed by atoms with Crippen LogP contribution >= 0.6 is 22.6 Å². The zero-order valence-electron chi connectivity index (χ0n) is 9.63. The highest BCUT2D eigenvalue weighted by atomic mass is 127. The molecule has 1 heterocycles. The number of rotatable bonds is 3. The van der Waals surface area contributed by atoms with Crippen molar-refractivity contribution in [3.05, 3.63) is 38.8 Å². The fourth-order valence-corrected chi connectivity index (χ4v) is 2.48. The van der Waals surface area contributed by atoms with Gasteiger partial charge in [-0.15, -0.1) is 0 Å². The summed E-state index contributed by atoms with van der Waals surface area (Å²) in [5.41, 5.74) is 7.93. The van der Waals surface area contributed by atoms with E-state index in [-0.39, 0.29) is 5.82 Å². The van der Waals surface area contributed by atoms with E-state index in [0.29, 0.717) is 12.1 Å². The molecule has 0 aliphatic heterocycles. The second-order valence-corrected chi connectivity index (χ2v) is 5.35. The molecule has 17 heavy (non-hydrogen) atoms. The third kappa shape index (κ3) is 2.74. The SMILES string of the molecule is Cc1cc(CCCN)nc2c(F)cc(I)cc12. The summed E-state index contributed by atoms with van der Waals surface area (Å²) in [6.07, 6.45) is 1.68. The molecule has 0 radical (unpaired) electrons. The first-order valence-electron chi connectivity index (χ1n) is 5.57. The number of nitrogens with two attached hydrogens (primary N) is 1. The molecule has 0 spiro atoms. The monoisotopic (exact) mass is 344 g/mol. The molecule has 0 saturated heterocycles. The van der Waals surface area contributed by atoms with Crippen LogP contribution in [0.5, 0.6) is 0 Å². The zero-order chi connectivity index (χ0) is 12.4. The summed E-state index contributed by atoms with van der Waals surface area (Å²) < 4.78 is 14.7. The van der Waals surface area contributed by atoms with E-state index >= 15 is 0 Å². The van der Waals surface area contributed by atoms with E-state index in [9.17, 15) is 4.39 Å². The van der Waals surface area contributed by atoms with Crippen molar-refractivity contribution in [3.8, 4) is 0 Å². The quantitative estimate of drug-likeness (QED) is 0.869. The molecule has 0 aliphatic carbocycles. The van der Waals surface area contributed by atoms with E-state index in [2.05, 4.69) is 27.6 Å². The van der Waals surface area contributed by atoms with Crippen LogP contribution in [-0.4, -0.2) is 11.5 Å². The number of halogens is 2. The van der Waals surface area contributed by atoms with Gasteiger partial charge in [0.2, 0.25) is 0 Å². The molecule has 0 aliphatic rings. The highest BCUT2D eigenvalue weighted by Gasteiger charge is 2.08. The summed E-state index contributed by atoms with van der Waals surface area (Å²) in [5, 5.41) is 0.894. The Balaban J connectivity index is 2.56. The second-order valence-electron chi connectivity index (χ2n) is 4.11. The normalized spacial score (nSPS) is 11.1. The Labute approximate surface area is 114 Å². The van der Waals surface area contributed by atoms with Crippen LogP contribution in [0.25, 0.3) is 10.9 Å². The van der Waals surface area contributed by atoms with Crippen LogP contribution in [0.3, 0.4) is 0 Å². The Bertz CT molecular complexity index is 555. The van der Waals surface area contributed by atoms with E-state index in [1.54, 1.807) is 0 Å². The Morgan fingerprint density at radius 1 is 1.35 bits per heavy atom. The fourth-order valence-electron chi connectivity index (χ4n) is 1.90. The molecule has 0 atom stereocenters. The Morgan fingerprint density at radius 3 is 2.82 bits per heavy atom. The third-order valence-corrected chi connectivity index (χ3v) is 3.35. The average molecular weight is 344 g/mol. The van der Waals surface area contributed by atoms with E-state index < -0.39 is 0 Å². The van der Waals surface area contributed by atoms with Gasteiger partial charge in [0.05, 0.1) is 0 Å². The molecule has 90 valence electrons. The highest BCUT2D eigenvalue weighted by molar-refractivity contribution is 14.1. The van der Waals surface area contributed by atoms with Crippen molar-refractivity contribution < 1.29 is 4.39 Å². The molecule has 0 fully saturated rings. The topological polar surface area (TPSA) is 38.9 Å². The number of pyridine rings is 1. The van der Waals surface area contributed by atoms with Gasteiger partial charge in [-0.25, -0.2) is 9.37 Å². The van der Waals surface area contributed by atoms with Gasteiger partial charge in [0, 0.05) is 14.7 Å². The smallest absolute Gasteiger partial charge is 0.150 e. The third-order valence-electron chi connectivity index (χ3n) is 2.73. The van der Waals surface area contributed by atoms with Crippen molar-refractivity contribution in [2.75, 3.05) is 6.54 Å².